The first kappa shape index (κ1) is 27.2. The number of halogens is 1. The predicted molar refractivity (Wildman–Crippen MR) is 119 cm³/mol. The molecule has 4 aromatic heterocycles. The van der Waals surface area contributed by atoms with Crippen LogP contribution >= 0.6 is 22.6 Å². The molecule has 0 atom stereocenters. The summed E-state index contributed by atoms with van der Waals surface area (Å²) in [7, 11) is 0. The third-order valence-corrected chi connectivity index (χ3v) is 4.00. The number of hydrogen-bond donors (Lipinski definition) is 5. The van der Waals surface area contributed by atoms with E-state index in [1.54, 1.807) is 13.8 Å². The van der Waals surface area contributed by atoms with Gasteiger partial charge in [-0.15, -0.1) is 17.4 Å². The van der Waals surface area contributed by atoms with Crippen LogP contribution in [0.25, 0.3) is 11.1 Å². The molecular formula is C18H14IN6O6Y-. The second-order valence-corrected chi connectivity index (χ2v) is 6.66. The zero-order valence-corrected chi connectivity index (χ0v) is 21.6. The first-order valence-corrected chi connectivity index (χ1v) is 9.37. The number of fused-ring (bicyclic) bond motifs is 1. The summed E-state index contributed by atoms with van der Waals surface area (Å²) in [6, 6.07) is 2.89. The van der Waals surface area contributed by atoms with E-state index in [-0.39, 0.29) is 43.8 Å². The summed E-state index contributed by atoms with van der Waals surface area (Å²) in [5, 5.41) is 0.696. The molecule has 0 aliphatic carbocycles. The van der Waals surface area contributed by atoms with E-state index in [1.165, 1.54) is 18.6 Å². The number of aromatic nitrogens is 6. The van der Waals surface area contributed by atoms with Gasteiger partial charge in [0.05, 0.1) is 9.28 Å². The van der Waals surface area contributed by atoms with Gasteiger partial charge in [0.25, 0.3) is 11.1 Å². The number of nitrogens with one attached hydrogen (secondary N) is 5. The average Bonchev–Trinajstić information content (AvgIpc) is 3.07. The minimum Gasteiger partial charge on any atom is -0.516 e. The average molecular weight is 626 g/mol. The van der Waals surface area contributed by atoms with Crippen molar-refractivity contribution in [2.75, 3.05) is 0 Å². The summed E-state index contributed by atoms with van der Waals surface area (Å²) in [5.41, 5.74) is -1.49. The molecule has 163 valence electrons. The van der Waals surface area contributed by atoms with Crippen molar-refractivity contribution in [1.82, 2.24) is 29.9 Å². The number of hydrogen-bond acceptors (Lipinski definition) is 7. The number of furan rings is 1. The Morgan fingerprint density at radius 1 is 1.00 bits per heavy atom. The fourth-order valence-corrected chi connectivity index (χ4v) is 2.24. The molecule has 32 heavy (non-hydrogen) atoms. The first-order chi connectivity index (χ1) is 14.7. The Kier molecular flexibility index (Phi) is 11.0. The van der Waals surface area contributed by atoms with Crippen LogP contribution in [0, 0.1) is 28.4 Å². The van der Waals surface area contributed by atoms with Gasteiger partial charge < -0.3 is 19.4 Å². The van der Waals surface area contributed by atoms with Crippen LogP contribution < -0.4 is 28.2 Å². The third kappa shape index (κ3) is 8.37. The second kappa shape index (κ2) is 12.9. The van der Waals surface area contributed by atoms with Crippen LogP contribution in [0.15, 0.2) is 47.0 Å². The smallest absolute Gasteiger partial charge is 0.325 e. The summed E-state index contributed by atoms with van der Waals surface area (Å²) in [5.74, 6) is 5.73. The standard InChI is InChI=1S/C7H5N2O2.C7H6N2O2.C4H3IN2O2.Y/c1-4-2-5-3-8-7(10)9-6(5)11-4;1-2-3-5-4-8-7(11)9-6(5)10;5-2-1-6-4(9)7-3(2)8;/h3H,1H3,(H,8,9,10);4H,1H3,(H2,8,9,10,11);1H,(H2,6,7,8,9);/q-1;;;. The Hall–Kier alpha value is -2.83. The molecule has 0 aromatic carbocycles. The summed E-state index contributed by atoms with van der Waals surface area (Å²) in [6.07, 6.45) is 4.09. The normalized spacial score (nSPS) is 9.22. The SMILES string of the molecule is CC#Cc1c[nH]c(=O)[nH]c1=O.Cc1[c-]c2cnc(=O)[nH]c2o1.O=c1[nH]cc(I)c(=O)[nH]1.[Y]. The summed E-state index contributed by atoms with van der Waals surface area (Å²) in [6.45, 7) is 3.38. The van der Waals surface area contributed by atoms with Gasteiger partial charge >= 0.3 is 17.1 Å². The number of rotatable bonds is 0. The Balaban J connectivity index is 0.000000238. The van der Waals surface area contributed by atoms with Crippen molar-refractivity contribution in [2.45, 2.75) is 13.8 Å². The molecule has 1 radical (unpaired) electrons. The van der Waals surface area contributed by atoms with E-state index >= 15 is 0 Å². The van der Waals surface area contributed by atoms with Crippen LogP contribution in [0.5, 0.6) is 0 Å². The molecular weight excluding hydrogens is 612 g/mol. The van der Waals surface area contributed by atoms with Crippen molar-refractivity contribution in [3.8, 4) is 11.8 Å². The van der Waals surface area contributed by atoms with Crippen molar-refractivity contribution in [2.24, 2.45) is 0 Å². The Labute approximate surface area is 216 Å². The molecule has 14 heteroatoms. The molecule has 0 saturated carbocycles. The van der Waals surface area contributed by atoms with Crippen LogP contribution in [0.2, 0.25) is 0 Å². The van der Waals surface area contributed by atoms with Gasteiger partial charge in [-0.3, -0.25) is 24.5 Å². The second-order valence-electron chi connectivity index (χ2n) is 5.49. The minimum absolute atomic E-state index is 0. The molecule has 0 bridgehead atoms. The van der Waals surface area contributed by atoms with E-state index in [9.17, 15) is 24.0 Å². The molecule has 0 unspecified atom stereocenters. The van der Waals surface area contributed by atoms with Crippen LogP contribution in [0.4, 0.5) is 0 Å². The molecule has 0 spiro atoms. The van der Waals surface area contributed by atoms with Gasteiger partial charge in [-0.25, -0.2) is 14.4 Å². The zero-order valence-electron chi connectivity index (χ0n) is 16.6. The van der Waals surface area contributed by atoms with Gasteiger partial charge in [-0.05, 0) is 36.4 Å². The van der Waals surface area contributed by atoms with E-state index in [4.69, 9.17) is 4.42 Å². The van der Waals surface area contributed by atoms with Gasteiger partial charge in [0, 0.05) is 50.9 Å². The Bertz CT molecular complexity index is 1550. The van der Waals surface area contributed by atoms with Gasteiger partial charge in [-0.1, -0.05) is 12.1 Å². The van der Waals surface area contributed by atoms with E-state index < -0.39 is 22.6 Å². The number of aryl methyl sites for hydroxylation is 1. The van der Waals surface area contributed by atoms with E-state index in [2.05, 4.69) is 47.8 Å². The molecule has 0 aliphatic rings. The van der Waals surface area contributed by atoms with Crippen LogP contribution in [0.3, 0.4) is 0 Å². The fraction of sp³-hybridized carbons (Fsp3) is 0.111. The van der Waals surface area contributed by atoms with Gasteiger partial charge in [0.1, 0.15) is 5.56 Å². The minimum atomic E-state index is -0.517. The Morgan fingerprint density at radius 3 is 2.19 bits per heavy atom. The van der Waals surface area contributed by atoms with Crippen molar-refractivity contribution in [3.05, 3.63) is 91.7 Å². The summed E-state index contributed by atoms with van der Waals surface area (Å²) in [4.78, 5) is 67.6. The Morgan fingerprint density at radius 2 is 1.62 bits per heavy atom. The van der Waals surface area contributed by atoms with Gasteiger partial charge in [-0.2, -0.15) is 0 Å². The topological polar surface area (TPSA) is 190 Å². The van der Waals surface area contributed by atoms with Crippen molar-refractivity contribution in [1.29, 1.82) is 0 Å². The zero-order chi connectivity index (χ0) is 23.0. The largest absolute Gasteiger partial charge is 0.516 e. The quantitative estimate of drug-likeness (QED) is 0.101. The maximum Gasteiger partial charge on any atom is 0.325 e. The molecule has 5 N–H and O–H groups in total. The van der Waals surface area contributed by atoms with E-state index in [0.29, 0.717) is 20.4 Å². The first-order valence-electron chi connectivity index (χ1n) is 8.29. The number of nitrogens with zero attached hydrogens (tertiary/aromatic N) is 1. The third-order valence-electron chi connectivity index (χ3n) is 3.19. The molecule has 0 amide bonds. The molecule has 0 saturated heterocycles. The van der Waals surface area contributed by atoms with E-state index in [0.717, 1.165) is 0 Å². The van der Waals surface area contributed by atoms with Crippen molar-refractivity contribution >= 4 is 33.7 Å². The predicted octanol–water partition coefficient (Wildman–Crippen LogP) is -0.275. The molecule has 4 heterocycles. The van der Waals surface area contributed by atoms with Crippen molar-refractivity contribution in [3.63, 3.8) is 0 Å². The molecule has 12 nitrogen and oxygen atoms in total. The van der Waals surface area contributed by atoms with Crippen molar-refractivity contribution < 1.29 is 37.1 Å². The van der Waals surface area contributed by atoms with Crippen LogP contribution in [-0.2, 0) is 32.7 Å². The van der Waals surface area contributed by atoms with Crippen LogP contribution in [-0.4, -0.2) is 29.9 Å². The number of H-pyrrole nitrogens is 5. The number of aromatic amines is 5. The molecule has 4 rings (SSSR count). The molecule has 0 fully saturated rings. The van der Waals surface area contributed by atoms with Crippen LogP contribution in [0.1, 0.15) is 18.2 Å². The molecule has 0 aliphatic heterocycles. The monoisotopic (exact) mass is 626 g/mol. The van der Waals surface area contributed by atoms with E-state index in [1.807, 2.05) is 22.6 Å². The van der Waals surface area contributed by atoms with Gasteiger partial charge in [0.2, 0.25) is 0 Å². The maximum absolute atomic E-state index is 10.9. The summed E-state index contributed by atoms with van der Waals surface area (Å²) >= 11 is 1.83. The van der Waals surface area contributed by atoms with Gasteiger partial charge in [0.15, 0.2) is 0 Å². The molecule has 4 aromatic rings. The maximum atomic E-state index is 10.9. The summed E-state index contributed by atoms with van der Waals surface area (Å²) < 4.78 is 5.58. The fourth-order valence-electron chi connectivity index (χ4n) is 1.95.